The lowest BCUT2D eigenvalue weighted by Gasteiger charge is -2.41. The molecule has 0 saturated carbocycles. The van der Waals surface area contributed by atoms with Crippen molar-refractivity contribution in [1.82, 2.24) is 9.88 Å². The van der Waals surface area contributed by atoms with E-state index in [1.165, 1.54) is 0 Å². The summed E-state index contributed by atoms with van der Waals surface area (Å²) >= 11 is 0. The van der Waals surface area contributed by atoms with E-state index in [1.54, 1.807) is 20.0 Å². The molecule has 3 heterocycles. The number of aliphatic hydroxyl groups is 1. The van der Waals surface area contributed by atoms with Crippen molar-refractivity contribution in [2.75, 3.05) is 13.2 Å². The number of aliphatic hydroxyl groups excluding tert-OH is 1. The first-order chi connectivity index (χ1) is 24.1. The number of carbonyl (C=O) groups excluding carboxylic acids is 2. The molecule has 1 aromatic rings. The molecule has 2 saturated heterocycles. The Morgan fingerprint density at radius 2 is 1.73 bits per heavy atom. The summed E-state index contributed by atoms with van der Waals surface area (Å²) < 4.78 is 20.1. The number of carbonyl (C=O) groups is 2. The van der Waals surface area contributed by atoms with E-state index in [-0.39, 0.29) is 40.8 Å². The van der Waals surface area contributed by atoms with Crippen LogP contribution in [0.4, 0.5) is 0 Å². The lowest BCUT2D eigenvalue weighted by atomic mass is 9.73. The molecule has 2 aliphatic rings. The lowest BCUT2D eigenvalue weighted by Crippen LogP contribution is -2.50. The maximum Gasteiger partial charge on any atom is 0.309 e. The average Bonchev–Trinajstić information content (AvgIpc) is 3.63. The van der Waals surface area contributed by atoms with Crippen LogP contribution in [0.5, 0.6) is 0 Å². The highest BCUT2D eigenvalue weighted by atomic mass is 28.4. The largest absolute Gasteiger partial charge is 0.458 e. The molecule has 0 spiro atoms. The normalized spacial score (nSPS) is 31.5. The van der Waals surface area contributed by atoms with Crippen LogP contribution in [0.15, 0.2) is 30.0 Å². The fourth-order valence-electron chi connectivity index (χ4n) is 8.08. The van der Waals surface area contributed by atoms with Crippen LogP contribution in [0.2, 0.25) is 36.3 Å². The molecule has 2 unspecified atom stereocenters. The second-order valence-corrected chi connectivity index (χ2v) is 27.9. The third-order valence-electron chi connectivity index (χ3n) is 13.5. The zero-order valence-electron chi connectivity index (χ0n) is 35.3. The molecular weight excluding hydrogens is 685 g/mol. The molecule has 3 rings (SSSR count). The first-order valence-electron chi connectivity index (χ1n) is 20.2. The molecule has 0 bridgehead atoms. The molecule has 52 heavy (non-hydrogen) atoms. The second-order valence-electron chi connectivity index (χ2n) is 18.3. The van der Waals surface area contributed by atoms with E-state index in [1.807, 2.05) is 38.1 Å². The van der Waals surface area contributed by atoms with E-state index in [4.69, 9.17) is 13.6 Å². The Balaban J connectivity index is 2.01. The average molecular weight is 759 g/mol. The van der Waals surface area contributed by atoms with Crippen molar-refractivity contribution in [3.63, 3.8) is 0 Å². The molecule has 10 heteroatoms. The second kappa shape index (κ2) is 17.8. The summed E-state index contributed by atoms with van der Waals surface area (Å²) in [6.07, 6.45) is 5.10. The molecule has 2 fully saturated rings. The Labute approximate surface area is 319 Å². The number of hydrogen-bond acceptors (Lipinski definition) is 8. The van der Waals surface area contributed by atoms with Gasteiger partial charge in [0.25, 0.3) is 0 Å². The van der Waals surface area contributed by atoms with E-state index in [0.29, 0.717) is 13.0 Å². The highest BCUT2D eigenvalue weighted by Crippen LogP contribution is 2.49. The maximum atomic E-state index is 14.3. The number of rotatable bonds is 11. The van der Waals surface area contributed by atoms with E-state index in [2.05, 4.69) is 78.4 Å². The number of hydrogen-bond donors (Lipinski definition) is 1. The first kappa shape index (κ1) is 44.7. The van der Waals surface area contributed by atoms with Gasteiger partial charge in [-0.25, -0.2) is 0 Å². The first-order valence-corrected chi connectivity index (χ1v) is 25.6. The number of Topliss-reactive ketones (excluding diaryl/α,β-unsaturated/α-hetero) is 1. The highest BCUT2D eigenvalue weighted by molar-refractivity contribution is 6.74. The van der Waals surface area contributed by atoms with Crippen molar-refractivity contribution in [3.8, 4) is 0 Å². The van der Waals surface area contributed by atoms with Gasteiger partial charge in [-0.05, 0) is 92.7 Å². The smallest absolute Gasteiger partial charge is 0.309 e. The number of fused-ring (bicyclic) bond motifs is 1. The van der Waals surface area contributed by atoms with Crippen LogP contribution in [-0.2, 0) is 23.2 Å². The van der Waals surface area contributed by atoms with E-state index in [9.17, 15) is 14.7 Å². The number of nitrogens with zero attached hydrogens (tertiary/aromatic N) is 2. The predicted octanol–water partition coefficient (Wildman–Crippen LogP) is 9.44. The third-order valence-corrected chi connectivity index (χ3v) is 22.7. The van der Waals surface area contributed by atoms with Crippen LogP contribution >= 0.6 is 0 Å². The minimum absolute atomic E-state index is 0.0622. The molecular formula is C42H74N2O6Si2. The van der Waals surface area contributed by atoms with Gasteiger partial charge in [0.05, 0.1) is 29.7 Å². The topological polar surface area (TPSA) is 98.0 Å². The Hall–Kier alpha value is -1.70. The van der Waals surface area contributed by atoms with Gasteiger partial charge in [-0.3, -0.25) is 19.5 Å². The molecule has 0 aliphatic carbocycles. The van der Waals surface area contributed by atoms with Crippen LogP contribution in [0.3, 0.4) is 0 Å². The molecule has 8 nitrogen and oxygen atoms in total. The monoisotopic (exact) mass is 759 g/mol. The Morgan fingerprint density at radius 1 is 1.10 bits per heavy atom. The number of ketones is 1. The van der Waals surface area contributed by atoms with Crippen LogP contribution in [-0.4, -0.2) is 86.4 Å². The zero-order valence-corrected chi connectivity index (χ0v) is 37.3. The van der Waals surface area contributed by atoms with Crippen LogP contribution in [0.25, 0.3) is 6.08 Å². The molecule has 8 atom stereocenters. The molecule has 0 aromatic carbocycles. The summed E-state index contributed by atoms with van der Waals surface area (Å²) in [5.74, 6) is -0.830. The van der Waals surface area contributed by atoms with Crippen molar-refractivity contribution in [2.45, 2.75) is 181 Å². The van der Waals surface area contributed by atoms with Gasteiger partial charge in [0.15, 0.2) is 16.6 Å². The summed E-state index contributed by atoms with van der Waals surface area (Å²) in [5, 5.41) is 11.7. The summed E-state index contributed by atoms with van der Waals surface area (Å²) in [5.41, 5.74) is 0.463. The van der Waals surface area contributed by atoms with Crippen LogP contribution < -0.4 is 0 Å². The summed E-state index contributed by atoms with van der Waals surface area (Å²) in [4.78, 5) is 35.1. The highest BCUT2D eigenvalue weighted by Gasteiger charge is 2.59. The van der Waals surface area contributed by atoms with Crippen molar-refractivity contribution >= 4 is 34.5 Å². The van der Waals surface area contributed by atoms with E-state index < -0.39 is 46.1 Å². The molecule has 0 radical (unpaired) electrons. The van der Waals surface area contributed by atoms with Gasteiger partial charge in [0.2, 0.25) is 0 Å². The summed E-state index contributed by atoms with van der Waals surface area (Å²) in [7, 11) is -3.98. The third kappa shape index (κ3) is 10.5. The molecule has 1 aromatic heterocycles. The Kier molecular flexibility index (Phi) is 15.3. The minimum Gasteiger partial charge on any atom is -0.458 e. The fraction of sp³-hybridized carbons (Fsp3) is 0.786. The fourth-order valence-corrected chi connectivity index (χ4v) is 12.1. The number of pyridine rings is 1. The summed E-state index contributed by atoms with van der Waals surface area (Å²) in [6.45, 7) is 31.7. The van der Waals surface area contributed by atoms with Crippen molar-refractivity contribution < 1.29 is 28.3 Å². The number of ether oxygens (including phenoxy) is 1. The quantitative estimate of drug-likeness (QED) is 0.136. The number of aromatic nitrogens is 1. The SMILES string of the molecule is CC[Si](CC)(CC)OC1[C@@H](C)CCC[C@]2(C)[C@H](C[C@@H](/C(C)=C/c3ccccn3)OC(=O)C[C@H](O)C(C)(C)C(=O)[C@@H]1C)N2CCO[Si](C)(C)C(C)(C)C. The van der Waals surface area contributed by atoms with E-state index in [0.717, 1.165) is 55.2 Å². The lowest BCUT2D eigenvalue weighted by molar-refractivity contribution is -0.154. The van der Waals surface area contributed by atoms with Gasteiger partial charge in [0.1, 0.15) is 11.9 Å². The Morgan fingerprint density at radius 3 is 2.29 bits per heavy atom. The van der Waals surface area contributed by atoms with Gasteiger partial charge >= 0.3 is 5.97 Å². The van der Waals surface area contributed by atoms with Crippen LogP contribution in [0.1, 0.15) is 121 Å². The van der Waals surface area contributed by atoms with Gasteiger partial charge in [0, 0.05) is 43.3 Å². The van der Waals surface area contributed by atoms with Crippen molar-refractivity contribution in [2.24, 2.45) is 17.3 Å². The van der Waals surface area contributed by atoms with Crippen LogP contribution in [0, 0.1) is 17.3 Å². The Bertz CT molecular complexity index is 1350. The maximum absolute atomic E-state index is 14.3. The predicted molar refractivity (Wildman–Crippen MR) is 218 cm³/mol. The molecule has 2 aliphatic heterocycles. The van der Waals surface area contributed by atoms with Gasteiger partial charge in [-0.1, -0.05) is 81.7 Å². The van der Waals surface area contributed by atoms with Gasteiger partial charge in [-0.15, -0.1) is 0 Å². The minimum atomic E-state index is -2.05. The van der Waals surface area contributed by atoms with Gasteiger partial charge < -0.3 is 18.7 Å². The van der Waals surface area contributed by atoms with E-state index >= 15 is 0 Å². The number of esters is 1. The molecule has 296 valence electrons. The van der Waals surface area contributed by atoms with Crippen molar-refractivity contribution in [1.29, 1.82) is 0 Å². The van der Waals surface area contributed by atoms with Crippen molar-refractivity contribution in [3.05, 3.63) is 35.7 Å². The zero-order chi connectivity index (χ0) is 39.3. The standard InChI is InChI=1S/C42H74N2O6Si2/c1-15-52(16-2,17-3)50-38-30(4)21-20-23-42(12)35(44(42)25-26-48-51(13,14)40(7,8)9)28-34(31(5)27-33-22-18-19-24-43-33)49-37(46)29-36(45)41(10,11)39(47)32(38)6/h18-19,22,24,27,30,32,34-36,38,45H,15-17,20-21,23,25-26,28-29H2,1-14H3/b31-27+/t30-,32+,34-,35-,36-,38?,42+,44?/m0/s1. The van der Waals surface area contributed by atoms with Gasteiger partial charge in [-0.2, -0.15) is 0 Å². The molecule has 1 N–H and O–H groups in total. The molecule has 0 amide bonds. The number of cyclic esters (lactones) is 1. The summed E-state index contributed by atoms with van der Waals surface area (Å²) in [6, 6.07) is 8.97.